The number of halogens is 1. The summed E-state index contributed by atoms with van der Waals surface area (Å²) in [5.74, 6) is 0. The van der Waals surface area contributed by atoms with Gasteiger partial charge in [0.15, 0.2) is 0 Å². The van der Waals surface area contributed by atoms with Gasteiger partial charge in [0.05, 0.1) is 5.02 Å². The van der Waals surface area contributed by atoms with Gasteiger partial charge in [-0.1, -0.05) is 72.3 Å². The third-order valence-electron chi connectivity index (χ3n) is 3.49. The maximum Gasteiger partial charge on any atom is 0.0566 e. The van der Waals surface area contributed by atoms with Crippen molar-refractivity contribution in [2.45, 2.75) is 6.92 Å². The topological polar surface area (TPSA) is 0 Å². The van der Waals surface area contributed by atoms with Crippen LogP contribution in [0.5, 0.6) is 0 Å². The van der Waals surface area contributed by atoms with Gasteiger partial charge in [-0.2, -0.15) is 0 Å². The quantitative estimate of drug-likeness (QED) is 0.557. The van der Waals surface area contributed by atoms with Crippen LogP contribution in [0.15, 0.2) is 66.7 Å². The lowest BCUT2D eigenvalue weighted by Crippen LogP contribution is -1.90. The second-order valence-electron chi connectivity index (χ2n) is 4.75. The molecule has 0 fully saturated rings. The minimum Gasteiger partial charge on any atom is -0.0830 e. The van der Waals surface area contributed by atoms with E-state index >= 15 is 0 Å². The molecular weight excluding hydrogens is 264 g/mol. The first-order valence-corrected chi connectivity index (χ1v) is 6.97. The molecule has 1 heteroatoms. The number of hydrogen-bond acceptors (Lipinski definition) is 0. The second kappa shape index (κ2) is 5.52. The summed E-state index contributed by atoms with van der Waals surface area (Å²) in [6, 6.07) is 25.7. The monoisotopic (exact) mass is 277 g/mol. The van der Waals surface area contributed by atoms with Gasteiger partial charge in [-0.25, -0.2) is 0 Å². The van der Waals surface area contributed by atoms with E-state index in [1.54, 1.807) is 0 Å². The maximum absolute atomic E-state index is 6.37. The van der Waals surface area contributed by atoms with E-state index in [9.17, 15) is 0 Å². The standard InChI is InChI=1S/C19H14Cl/c1-14-17(15-8-4-2-5-9-15)12-13-18(20)19(14)16-10-6-3-7-11-16/h2-12H,1H3. The zero-order valence-corrected chi connectivity index (χ0v) is 12.0. The summed E-state index contributed by atoms with van der Waals surface area (Å²) in [6.07, 6.45) is 0. The van der Waals surface area contributed by atoms with Crippen LogP contribution in [0.4, 0.5) is 0 Å². The van der Waals surface area contributed by atoms with Crippen molar-refractivity contribution in [3.63, 3.8) is 0 Å². The molecule has 0 bridgehead atoms. The summed E-state index contributed by atoms with van der Waals surface area (Å²) < 4.78 is 0. The van der Waals surface area contributed by atoms with Crippen molar-refractivity contribution in [3.8, 4) is 22.3 Å². The molecule has 0 nitrogen and oxygen atoms in total. The highest BCUT2D eigenvalue weighted by Crippen LogP contribution is 2.36. The first-order valence-electron chi connectivity index (χ1n) is 6.59. The van der Waals surface area contributed by atoms with Crippen LogP contribution in [-0.2, 0) is 0 Å². The van der Waals surface area contributed by atoms with Crippen LogP contribution in [0.25, 0.3) is 22.3 Å². The lowest BCUT2D eigenvalue weighted by molar-refractivity contribution is 1.44. The molecule has 3 aromatic carbocycles. The minimum absolute atomic E-state index is 0.674. The highest BCUT2D eigenvalue weighted by molar-refractivity contribution is 6.33. The smallest absolute Gasteiger partial charge is 0.0566 e. The summed E-state index contributed by atoms with van der Waals surface area (Å²) in [5.41, 5.74) is 5.74. The maximum atomic E-state index is 6.37. The lowest BCUT2D eigenvalue weighted by Gasteiger charge is -2.13. The molecule has 0 spiro atoms. The van der Waals surface area contributed by atoms with E-state index in [2.05, 4.69) is 37.3 Å². The predicted octanol–water partition coefficient (Wildman–Crippen LogP) is 5.78. The van der Waals surface area contributed by atoms with Crippen LogP contribution in [0.3, 0.4) is 0 Å². The Kier molecular flexibility index (Phi) is 3.58. The van der Waals surface area contributed by atoms with Crippen LogP contribution in [0, 0.1) is 13.0 Å². The molecule has 0 saturated carbocycles. The first kappa shape index (κ1) is 13.0. The molecule has 0 aliphatic rings. The largest absolute Gasteiger partial charge is 0.0830 e. The normalized spacial score (nSPS) is 10.5. The van der Waals surface area contributed by atoms with E-state index in [4.69, 9.17) is 11.6 Å². The molecule has 1 radical (unpaired) electrons. The van der Waals surface area contributed by atoms with E-state index in [-0.39, 0.29) is 0 Å². The average Bonchev–Trinajstić information content (AvgIpc) is 2.49. The predicted molar refractivity (Wildman–Crippen MR) is 85.9 cm³/mol. The molecular formula is C19H14Cl. The summed E-state index contributed by atoms with van der Waals surface area (Å²) in [5, 5.41) is 0.674. The fourth-order valence-electron chi connectivity index (χ4n) is 2.48. The zero-order valence-electron chi connectivity index (χ0n) is 11.2. The highest BCUT2D eigenvalue weighted by Gasteiger charge is 2.11. The molecule has 0 N–H and O–H groups in total. The highest BCUT2D eigenvalue weighted by atomic mass is 35.5. The van der Waals surface area contributed by atoms with E-state index in [1.807, 2.05) is 42.5 Å². The van der Waals surface area contributed by atoms with Gasteiger partial charge in [0.25, 0.3) is 0 Å². The molecule has 3 rings (SSSR count). The molecule has 20 heavy (non-hydrogen) atoms. The molecule has 97 valence electrons. The van der Waals surface area contributed by atoms with Gasteiger partial charge in [0, 0.05) is 11.6 Å². The van der Waals surface area contributed by atoms with E-state index in [0.717, 1.165) is 11.1 Å². The van der Waals surface area contributed by atoms with Gasteiger partial charge in [-0.05, 0) is 35.2 Å². The van der Waals surface area contributed by atoms with Crippen molar-refractivity contribution in [2.24, 2.45) is 0 Å². The summed E-state index contributed by atoms with van der Waals surface area (Å²) in [4.78, 5) is 0. The summed E-state index contributed by atoms with van der Waals surface area (Å²) in [6.45, 7) is 2.12. The second-order valence-corrected chi connectivity index (χ2v) is 5.13. The Balaban J connectivity index is 2.22. The molecule has 0 heterocycles. The van der Waals surface area contributed by atoms with Gasteiger partial charge >= 0.3 is 0 Å². The third kappa shape index (κ3) is 2.35. The molecule has 0 unspecified atom stereocenters. The number of benzene rings is 3. The van der Waals surface area contributed by atoms with Crippen molar-refractivity contribution >= 4 is 11.6 Å². The molecule has 0 aromatic heterocycles. The number of rotatable bonds is 2. The average molecular weight is 278 g/mol. The lowest BCUT2D eigenvalue weighted by atomic mass is 9.93. The number of hydrogen-bond donors (Lipinski definition) is 0. The summed E-state index contributed by atoms with van der Waals surface area (Å²) in [7, 11) is 0. The Bertz CT molecular complexity index is 716. The Hall–Kier alpha value is -2.05. The van der Waals surface area contributed by atoms with Crippen molar-refractivity contribution < 1.29 is 0 Å². The third-order valence-corrected chi connectivity index (χ3v) is 3.79. The molecule has 0 saturated heterocycles. The van der Waals surface area contributed by atoms with Gasteiger partial charge < -0.3 is 0 Å². The van der Waals surface area contributed by atoms with Crippen LogP contribution < -0.4 is 0 Å². The summed E-state index contributed by atoms with van der Waals surface area (Å²) >= 11 is 6.37. The van der Waals surface area contributed by atoms with Crippen LogP contribution in [0.1, 0.15) is 5.56 Å². The van der Waals surface area contributed by atoms with Crippen molar-refractivity contribution in [1.29, 1.82) is 0 Å². The van der Waals surface area contributed by atoms with Crippen LogP contribution in [-0.4, -0.2) is 0 Å². The van der Waals surface area contributed by atoms with E-state index < -0.39 is 0 Å². The molecule has 0 aliphatic heterocycles. The minimum atomic E-state index is 0.674. The molecule has 3 aromatic rings. The Morgan fingerprint density at radius 3 is 1.95 bits per heavy atom. The van der Waals surface area contributed by atoms with Crippen LogP contribution >= 0.6 is 11.6 Å². The molecule has 0 amide bonds. The van der Waals surface area contributed by atoms with Crippen LogP contribution in [0.2, 0.25) is 5.02 Å². The van der Waals surface area contributed by atoms with Crippen molar-refractivity contribution in [1.82, 2.24) is 0 Å². The van der Waals surface area contributed by atoms with Gasteiger partial charge in [-0.3, -0.25) is 0 Å². The first-order chi connectivity index (χ1) is 9.77. The van der Waals surface area contributed by atoms with Crippen molar-refractivity contribution in [3.05, 3.63) is 83.4 Å². The Labute approximate surface area is 124 Å². The van der Waals surface area contributed by atoms with Gasteiger partial charge in [0.2, 0.25) is 0 Å². The van der Waals surface area contributed by atoms with Gasteiger partial charge in [0.1, 0.15) is 0 Å². The Morgan fingerprint density at radius 1 is 0.800 bits per heavy atom. The fraction of sp³-hybridized carbons (Fsp3) is 0.0526. The fourth-order valence-corrected chi connectivity index (χ4v) is 2.79. The van der Waals surface area contributed by atoms with E-state index in [1.165, 1.54) is 16.7 Å². The Morgan fingerprint density at radius 2 is 1.35 bits per heavy atom. The SMILES string of the molecule is Cc1c(-c2ccccc2)c[c]c(Cl)c1-c1ccccc1. The molecule has 0 atom stereocenters. The van der Waals surface area contributed by atoms with Gasteiger partial charge in [-0.15, -0.1) is 0 Å². The zero-order chi connectivity index (χ0) is 13.9. The molecule has 0 aliphatic carbocycles. The van der Waals surface area contributed by atoms with E-state index in [0.29, 0.717) is 5.02 Å². The van der Waals surface area contributed by atoms with Crippen molar-refractivity contribution in [2.75, 3.05) is 0 Å².